The van der Waals surface area contributed by atoms with Crippen LogP contribution in [0.1, 0.15) is 26.7 Å². The molecule has 0 aliphatic heterocycles. The quantitative estimate of drug-likeness (QED) is 0.505. The Labute approximate surface area is 78.4 Å². The first kappa shape index (κ1) is 11.9. The molecule has 0 aromatic heterocycles. The van der Waals surface area contributed by atoms with E-state index in [1.165, 1.54) is 13.0 Å². The number of hydrogen-bond acceptors (Lipinski definition) is 2. The van der Waals surface area contributed by atoms with Crippen molar-refractivity contribution in [2.24, 2.45) is 0 Å². The highest BCUT2D eigenvalue weighted by Gasteiger charge is 2.13. The van der Waals surface area contributed by atoms with Gasteiger partial charge in [0.2, 0.25) is 0 Å². The summed E-state index contributed by atoms with van der Waals surface area (Å²) in [7, 11) is 0. The predicted octanol–water partition coefficient (Wildman–Crippen LogP) is 1.73. The van der Waals surface area contributed by atoms with Gasteiger partial charge in [0.1, 0.15) is 0 Å². The van der Waals surface area contributed by atoms with E-state index in [1.807, 2.05) is 0 Å². The van der Waals surface area contributed by atoms with Crippen LogP contribution in [-0.2, 0) is 4.79 Å². The Morgan fingerprint density at radius 2 is 2.15 bits per heavy atom. The zero-order valence-corrected chi connectivity index (χ0v) is 8.08. The molecule has 0 aliphatic rings. The van der Waals surface area contributed by atoms with Gasteiger partial charge in [-0.25, -0.2) is 4.79 Å². The smallest absolute Gasteiger partial charge is 0.330 e. The van der Waals surface area contributed by atoms with Gasteiger partial charge in [0.15, 0.2) is 0 Å². The maximum atomic E-state index is 10.4. The van der Waals surface area contributed by atoms with Gasteiger partial charge < -0.3 is 10.2 Å². The molecule has 0 rings (SSSR count). The molecule has 2 N–H and O–H groups in total. The first-order chi connectivity index (χ1) is 5.89. The largest absolute Gasteiger partial charge is 0.478 e. The minimum absolute atomic E-state index is 0.305. The van der Waals surface area contributed by atoms with Crippen molar-refractivity contribution in [3.8, 4) is 0 Å². The molecule has 0 amide bonds. The van der Waals surface area contributed by atoms with Gasteiger partial charge in [-0.05, 0) is 26.7 Å². The fourth-order valence-electron chi connectivity index (χ4n) is 0.770. The van der Waals surface area contributed by atoms with Crippen LogP contribution >= 0.6 is 0 Å². The zero-order chi connectivity index (χ0) is 10.5. The number of carboxylic acids is 1. The lowest BCUT2D eigenvalue weighted by Gasteiger charge is -2.16. The average Bonchev–Trinajstić information content (AvgIpc) is 2.04. The van der Waals surface area contributed by atoms with Crippen LogP contribution in [0.15, 0.2) is 24.3 Å². The molecule has 0 spiro atoms. The van der Waals surface area contributed by atoms with Crippen molar-refractivity contribution >= 4 is 5.97 Å². The molecule has 3 nitrogen and oxygen atoms in total. The van der Waals surface area contributed by atoms with Crippen molar-refractivity contribution in [3.63, 3.8) is 0 Å². The molecule has 0 aliphatic carbocycles. The summed E-state index contributed by atoms with van der Waals surface area (Å²) in [5, 5.41) is 18.0. The maximum Gasteiger partial charge on any atom is 0.330 e. The van der Waals surface area contributed by atoms with E-state index in [4.69, 9.17) is 5.11 Å². The number of aliphatic hydroxyl groups is 1. The summed E-state index contributed by atoms with van der Waals surface area (Å²) in [4.78, 5) is 10.4. The van der Waals surface area contributed by atoms with E-state index in [1.54, 1.807) is 13.0 Å². The van der Waals surface area contributed by atoms with Gasteiger partial charge >= 0.3 is 5.97 Å². The standard InChI is InChI=1S/C10H16O3/c1-4-10(3,13)7-5-6-8(2)9(11)12/h4,6,13H,1,5,7H2,2-3H3,(H,11,12)/t10-/m1/s1. The van der Waals surface area contributed by atoms with Crippen LogP contribution in [0.25, 0.3) is 0 Å². The minimum Gasteiger partial charge on any atom is -0.478 e. The van der Waals surface area contributed by atoms with Crippen molar-refractivity contribution in [3.05, 3.63) is 24.3 Å². The van der Waals surface area contributed by atoms with Crippen LogP contribution < -0.4 is 0 Å². The first-order valence-corrected chi connectivity index (χ1v) is 4.15. The number of allylic oxidation sites excluding steroid dienone is 1. The molecular weight excluding hydrogens is 168 g/mol. The van der Waals surface area contributed by atoms with Crippen molar-refractivity contribution in [2.75, 3.05) is 0 Å². The van der Waals surface area contributed by atoms with E-state index in [0.717, 1.165) is 0 Å². The molecule has 0 heterocycles. The van der Waals surface area contributed by atoms with Crippen LogP contribution in [0.3, 0.4) is 0 Å². The molecule has 13 heavy (non-hydrogen) atoms. The fraction of sp³-hybridized carbons (Fsp3) is 0.500. The zero-order valence-electron chi connectivity index (χ0n) is 8.08. The lowest BCUT2D eigenvalue weighted by Crippen LogP contribution is -2.19. The summed E-state index contributed by atoms with van der Waals surface area (Å²) < 4.78 is 0. The molecule has 0 unspecified atom stereocenters. The molecule has 0 aromatic rings. The molecule has 1 atom stereocenters. The summed E-state index contributed by atoms with van der Waals surface area (Å²) in [5.41, 5.74) is -0.602. The normalized spacial score (nSPS) is 16.4. The minimum atomic E-state index is -0.918. The average molecular weight is 184 g/mol. The van der Waals surface area contributed by atoms with Crippen molar-refractivity contribution in [1.82, 2.24) is 0 Å². The van der Waals surface area contributed by atoms with Crippen LogP contribution in [0.4, 0.5) is 0 Å². The number of carbonyl (C=O) groups is 1. The van der Waals surface area contributed by atoms with E-state index in [-0.39, 0.29) is 0 Å². The lowest BCUT2D eigenvalue weighted by molar-refractivity contribution is -0.132. The van der Waals surface area contributed by atoms with Crippen LogP contribution in [-0.4, -0.2) is 21.8 Å². The summed E-state index contributed by atoms with van der Waals surface area (Å²) in [6, 6.07) is 0. The second-order valence-electron chi connectivity index (χ2n) is 3.29. The Hall–Kier alpha value is -1.09. The second-order valence-corrected chi connectivity index (χ2v) is 3.29. The van der Waals surface area contributed by atoms with Crippen LogP contribution in [0.5, 0.6) is 0 Å². The van der Waals surface area contributed by atoms with E-state index in [0.29, 0.717) is 18.4 Å². The SMILES string of the molecule is C=C[C@@](C)(O)CCC=C(C)C(=O)O. The predicted molar refractivity (Wildman–Crippen MR) is 51.4 cm³/mol. The Balaban J connectivity index is 3.99. The van der Waals surface area contributed by atoms with E-state index in [2.05, 4.69) is 6.58 Å². The maximum absolute atomic E-state index is 10.4. The Kier molecular flexibility index (Phi) is 4.42. The van der Waals surface area contributed by atoms with E-state index in [9.17, 15) is 9.90 Å². The molecule has 0 fully saturated rings. The molecule has 0 saturated carbocycles. The Morgan fingerprint density at radius 3 is 2.54 bits per heavy atom. The highest BCUT2D eigenvalue weighted by Crippen LogP contribution is 2.13. The summed E-state index contributed by atoms with van der Waals surface area (Å²) in [5.74, 6) is -0.918. The molecule has 0 aromatic carbocycles. The number of hydrogen-bond donors (Lipinski definition) is 2. The van der Waals surface area contributed by atoms with E-state index < -0.39 is 11.6 Å². The second kappa shape index (κ2) is 4.82. The van der Waals surface area contributed by atoms with Gasteiger partial charge in [0, 0.05) is 5.57 Å². The lowest BCUT2D eigenvalue weighted by atomic mass is 10.00. The van der Waals surface area contributed by atoms with Crippen LogP contribution in [0, 0.1) is 0 Å². The number of aliphatic carboxylic acids is 1. The van der Waals surface area contributed by atoms with Crippen LogP contribution in [0.2, 0.25) is 0 Å². The molecule has 0 bridgehead atoms. The molecule has 0 saturated heterocycles. The third-order valence-corrected chi connectivity index (χ3v) is 1.88. The third-order valence-electron chi connectivity index (χ3n) is 1.88. The summed E-state index contributed by atoms with van der Waals surface area (Å²) in [6.07, 6.45) is 4.08. The Morgan fingerprint density at radius 1 is 1.62 bits per heavy atom. The molecular formula is C10H16O3. The van der Waals surface area contributed by atoms with Crippen molar-refractivity contribution < 1.29 is 15.0 Å². The third kappa shape index (κ3) is 5.20. The molecule has 0 radical (unpaired) electrons. The van der Waals surface area contributed by atoms with Gasteiger partial charge in [-0.3, -0.25) is 0 Å². The fourth-order valence-corrected chi connectivity index (χ4v) is 0.770. The highest BCUT2D eigenvalue weighted by atomic mass is 16.4. The van der Waals surface area contributed by atoms with Gasteiger partial charge in [-0.1, -0.05) is 12.2 Å². The van der Waals surface area contributed by atoms with Gasteiger partial charge in [0.25, 0.3) is 0 Å². The number of carboxylic acid groups (broad SMARTS) is 1. The van der Waals surface area contributed by atoms with Gasteiger partial charge in [-0.2, -0.15) is 0 Å². The molecule has 74 valence electrons. The van der Waals surface area contributed by atoms with Gasteiger partial charge in [-0.15, -0.1) is 6.58 Å². The molecule has 3 heteroatoms. The van der Waals surface area contributed by atoms with Crippen molar-refractivity contribution in [2.45, 2.75) is 32.3 Å². The first-order valence-electron chi connectivity index (χ1n) is 4.15. The monoisotopic (exact) mass is 184 g/mol. The highest BCUT2D eigenvalue weighted by molar-refractivity contribution is 5.85. The summed E-state index contributed by atoms with van der Waals surface area (Å²) in [6.45, 7) is 6.65. The van der Waals surface area contributed by atoms with Crippen molar-refractivity contribution in [1.29, 1.82) is 0 Å². The van der Waals surface area contributed by atoms with E-state index >= 15 is 0 Å². The summed E-state index contributed by atoms with van der Waals surface area (Å²) >= 11 is 0. The topological polar surface area (TPSA) is 57.5 Å². The van der Waals surface area contributed by atoms with Gasteiger partial charge in [0.05, 0.1) is 5.60 Å². The number of rotatable bonds is 5. The Bertz CT molecular complexity index is 226.